The first-order chi connectivity index (χ1) is 12.5. The Morgan fingerprint density at radius 2 is 1.77 bits per heavy atom. The zero-order chi connectivity index (χ0) is 18.7. The predicted molar refractivity (Wildman–Crippen MR) is 106 cm³/mol. The van der Waals surface area contributed by atoms with Crippen LogP contribution in [-0.4, -0.2) is 36.9 Å². The Morgan fingerprint density at radius 1 is 1.12 bits per heavy atom. The number of amides is 2. The summed E-state index contributed by atoms with van der Waals surface area (Å²) < 4.78 is 5.14. The fourth-order valence-electron chi connectivity index (χ4n) is 2.46. The van der Waals surface area contributed by atoms with Crippen LogP contribution in [-0.2, 0) is 4.79 Å². The third kappa shape index (κ3) is 4.03. The lowest BCUT2D eigenvalue weighted by Gasteiger charge is -2.24. The van der Waals surface area contributed by atoms with E-state index in [2.05, 4.69) is 0 Å². The fraction of sp³-hybridized carbons (Fsp3) is 0.158. The van der Waals surface area contributed by atoms with Crippen LogP contribution in [0.2, 0.25) is 5.02 Å². The van der Waals surface area contributed by atoms with Crippen molar-refractivity contribution in [3.63, 3.8) is 0 Å². The summed E-state index contributed by atoms with van der Waals surface area (Å²) >= 11 is 6.81. The van der Waals surface area contributed by atoms with Gasteiger partial charge in [-0.2, -0.15) is 0 Å². The largest absolute Gasteiger partial charge is 0.497 e. The van der Waals surface area contributed by atoms with Crippen LogP contribution in [0.4, 0.5) is 10.5 Å². The fourth-order valence-corrected chi connectivity index (χ4v) is 3.42. The maximum atomic E-state index is 12.6. The van der Waals surface area contributed by atoms with Gasteiger partial charge in [-0.25, -0.2) is 4.90 Å². The molecule has 1 aliphatic rings. The van der Waals surface area contributed by atoms with Crippen molar-refractivity contribution in [1.82, 2.24) is 4.90 Å². The van der Waals surface area contributed by atoms with E-state index < -0.39 is 0 Å². The molecule has 0 aromatic heterocycles. The smallest absolute Gasteiger partial charge is 0.295 e. The Kier molecular flexibility index (Phi) is 5.54. The van der Waals surface area contributed by atoms with Crippen LogP contribution in [0.25, 0.3) is 6.08 Å². The lowest BCUT2D eigenvalue weighted by Crippen LogP contribution is -2.38. The van der Waals surface area contributed by atoms with Gasteiger partial charge in [0.25, 0.3) is 11.1 Å². The summed E-state index contributed by atoms with van der Waals surface area (Å²) in [4.78, 5) is 28.3. The average Bonchev–Trinajstić information content (AvgIpc) is 2.91. The normalized spacial score (nSPS) is 15.7. The maximum Gasteiger partial charge on any atom is 0.295 e. The number of imide groups is 1. The molecule has 2 amide bonds. The van der Waals surface area contributed by atoms with Crippen molar-refractivity contribution in [2.45, 2.75) is 0 Å². The zero-order valence-corrected chi connectivity index (χ0v) is 15.9. The lowest BCUT2D eigenvalue weighted by atomic mass is 10.2. The number of methoxy groups -OCH3 is 1. The van der Waals surface area contributed by atoms with Gasteiger partial charge in [0.1, 0.15) is 12.4 Å². The van der Waals surface area contributed by atoms with E-state index in [0.29, 0.717) is 9.93 Å². The highest BCUT2D eigenvalue weighted by Crippen LogP contribution is 2.33. The van der Waals surface area contributed by atoms with Crippen LogP contribution >= 0.6 is 23.4 Å². The van der Waals surface area contributed by atoms with Crippen LogP contribution in [0.1, 0.15) is 5.56 Å². The minimum atomic E-state index is -0.296. The monoisotopic (exact) mass is 388 g/mol. The minimum absolute atomic E-state index is 0.176. The van der Waals surface area contributed by atoms with Crippen molar-refractivity contribution in [3.05, 3.63) is 64.0 Å². The number of anilines is 1. The number of rotatable bonds is 5. The van der Waals surface area contributed by atoms with E-state index >= 15 is 0 Å². The Hall–Kier alpha value is -2.44. The molecule has 2 aromatic carbocycles. The molecule has 1 saturated heterocycles. The Labute approximate surface area is 161 Å². The molecular formula is C19H17ClN2O3S. The van der Waals surface area contributed by atoms with Gasteiger partial charge in [-0.15, -0.1) is 0 Å². The highest BCUT2D eigenvalue weighted by Gasteiger charge is 2.35. The molecule has 7 heteroatoms. The number of thioether (sulfide) groups is 1. The topological polar surface area (TPSA) is 49.9 Å². The SMILES string of the molecule is COc1ccc(N(C)CN2C(=O)S/C(=C/c3ccc(Cl)cc3)C2=O)cc1. The third-order valence-corrected chi connectivity index (χ3v) is 5.07. The first-order valence-electron chi connectivity index (χ1n) is 7.84. The molecule has 1 fully saturated rings. The molecule has 3 rings (SSSR count). The third-order valence-electron chi connectivity index (χ3n) is 3.91. The van der Waals surface area contributed by atoms with E-state index in [1.54, 1.807) is 37.5 Å². The Morgan fingerprint density at radius 3 is 2.38 bits per heavy atom. The van der Waals surface area contributed by atoms with Crippen LogP contribution in [0, 0.1) is 0 Å². The molecule has 0 bridgehead atoms. The second kappa shape index (κ2) is 7.85. The van der Waals surface area contributed by atoms with E-state index in [-0.39, 0.29) is 17.8 Å². The maximum absolute atomic E-state index is 12.6. The molecule has 0 atom stereocenters. The molecule has 0 aliphatic carbocycles. The summed E-state index contributed by atoms with van der Waals surface area (Å²) in [6.07, 6.45) is 1.70. The molecule has 0 radical (unpaired) electrons. The van der Waals surface area contributed by atoms with Gasteiger partial charge in [-0.05, 0) is 59.8 Å². The number of halogens is 1. The predicted octanol–water partition coefficient (Wildman–Crippen LogP) is 4.48. The highest BCUT2D eigenvalue weighted by atomic mass is 35.5. The molecule has 1 aliphatic heterocycles. The molecule has 134 valence electrons. The molecule has 5 nitrogen and oxygen atoms in total. The van der Waals surface area contributed by atoms with Crippen LogP contribution in [0.5, 0.6) is 5.75 Å². The lowest BCUT2D eigenvalue weighted by molar-refractivity contribution is -0.122. The van der Waals surface area contributed by atoms with Gasteiger partial charge in [0.2, 0.25) is 0 Å². The molecular weight excluding hydrogens is 372 g/mol. The minimum Gasteiger partial charge on any atom is -0.497 e. The summed E-state index contributed by atoms with van der Waals surface area (Å²) in [5.41, 5.74) is 1.70. The highest BCUT2D eigenvalue weighted by molar-refractivity contribution is 8.18. The summed E-state index contributed by atoms with van der Waals surface area (Å²) in [7, 11) is 3.43. The summed E-state index contributed by atoms with van der Waals surface area (Å²) in [5, 5.41) is 0.340. The van der Waals surface area contributed by atoms with Crippen LogP contribution < -0.4 is 9.64 Å². The quantitative estimate of drug-likeness (QED) is 0.707. The average molecular weight is 389 g/mol. The van der Waals surface area contributed by atoms with Gasteiger partial charge in [-0.1, -0.05) is 23.7 Å². The number of nitrogens with zero attached hydrogens (tertiary/aromatic N) is 2. The number of hydrogen-bond donors (Lipinski definition) is 0. The summed E-state index contributed by atoms with van der Waals surface area (Å²) in [6.45, 7) is 0.176. The number of benzene rings is 2. The molecule has 1 heterocycles. The number of hydrogen-bond acceptors (Lipinski definition) is 5. The Bertz CT molecular complexity index is 850. The van der Waals surface area contributed by atoms with Gasteiger partial charge < -0.3 is 9.64 Å². The summed E-state index contributed by atoms with van der Waals surface area (Å²) in [6, 6.07) is 14.5. The van der Waals surface area contributed by atoms with Gasteiger partial charge in [0.05, 0.1) is 12.0 Å². The van der Waals surface area contributed by atoms with Crippen molar-refractivity contribution < 1.29 is 14.3 Å². The second-order valence-electron chi connectivity index (χ2n) is 5.70. The number of ether oxygens (including phenoxy) is 1. The Balaban J connectivity index is 1.73. The van der Waals surface area contributed by atoms with E-state index in [4.69, 9.17) is 16.3 Å². The van der Waals surface area contributed by atoms with Crippen LogP contribution in [0.3, 0.4) is 0 Å². The first kappa shape index (κ1) is 18.4. The van der Waals surface area contributed by atoms with Crippen LogP contribution in [0.15, 0.2) is 53.4 Å². The molecule has 2 aromatic rings. The molecule has 0 unspecified atom stereocenters. The number of carbonyl (C=O) groups excluding carboxylic acids is 2. The molecule has 26 heavy (non-hydrogen) atoms. The first-order valence-corrected chi connectivity index (χ1v) is 9.03. The second-order valence-corrected chi connectivity index (χ2v) is 7.13. The molecule has 0 saturated carbocycles. The van der Waals surface area contributed by atoms with E-state index in [1.807, 2.05) is 36.2 Å². The van der Waals surface area contributed by atoms with E-state index in [1.165, 1.54) is 4.90 Å². The molecule has 0 spiro atoms. The van der Waals surface area contributed by atoms with Crippen molar-refractivity contribution in [1.29, 1.82) is 0 Å². The van der Waals surface area contributed by atoms with Crippen molar-refractivity contribution >= 4 is 46.3 Å². The van der Waals surface area contributed by atoms with E-state index in [9.17, 15) is 9.59 Å². The van der Waals surface area contributed by atoms with Gasteiger partial charge in [0.15, 0.2) is 0 Å². The number of carbonyl (C=O) groups is 2. The summed E-state index contributed by atoms with van der Waals surface area (Å²) in [5.74, 6) is 0.453. The van der Waals surface area contributed by atoms with Gasteiger partial charge >= 0.3 is 0 Å². The van der Waals surface area contributed by atoms with Crippen molar-refractivity contribution in [2.24, 2.45) is 0 Å². The zero-order valence-electron chi connectivity index (χ0n) is 14.3. The van der Waals surface area contributed by atoms with Crippen molar-refractivity contribution in [2.75, 3.05) is 25.7 Å². The standard InChI is InChI=1S/C19H17ClN2O3S/c1-21(15-7-9-16(25-2)10-8-15)12-22-18(23)17(26-19(22)24)11-13-3-5-14(20)6-4-13/h3-11H,12H2,1-2H3/b17-11+. The van der Waals surface area contributed by atoms with E-state index in [0.717, 1.165) is 28.8 Å². The van der Waals surface area contributed by atoms with Gasteiger partial charge in [-0.3, -0.25) is 9.59 Å². The van der Waals surface area contributed by atoms with Gasteiger partial charge in [0, 0.05) is 17.8 Å². The van der Waals surface area contributed by atoms with Crippen molar-refractivity contribution in [3.8, 4) is 5.75 Å². The molecule has 0 N–H and O–H groups in total.